The smallest absolute Gasteiger partial charge is 0.448 e. The fourth-order valence-corrected chi connectivity index (χ4v) is 1.31. The van der Waals surface area contributed by atoms with Crippen LogP contribution < -0.4 is 5.32 Å². The molecule has 12 nitrogen and oxygen atoms in total. The fraction of sp³-hybridized carbons (Fsp3) is 0.667. The summed E-state index contributed by atoms with van der Waals surface area (Å²) in [5.74, 6) is -2.47. The van der Waals surface area contributed by atoms with Gasteiger partial charge in [0.15, 0.2) is 6.54 Å². The highest BCUT2D eigenvalue weighted by atomic mass is 16.8. The minimum atomic E-state index is -1.88. The number of nitrogens with zero attached hydrogens (tertiary/aromatic N) is 1. The molecule has 12 heteroatoms. The number of alkyl carbamates (subject to hydrolysis) is 1. The van der Waals surface area contributed by atoms with Crippen LogP contribution in [0.5, 0.6) is 0 Å². The number of amides is 2. The molecular weight excluding hydrogens is 368 g/mol. The van der Waals surface area contributed by atoms with Crippen molar-refractivity contribution in [2.45, 2.75) is 52.7 Å². The highest BCUT2D eigenvalue weighted by molar-refractivity contribution is 5.90. The second kappa shape index (κ2) is 9.59. The van der Waals surface area contributed by atoms with E-state index < -0.39 is 54.6 Å². The lowest BCUT2D eigenvalue weighted by Crippen LogP contribution is -2.42. The topological polar surface area (TPSA) is 158 Å². The van der Waals surface area contributed by atoms with Gasteiger partial charge in [0.1, 0.15) is 17.7 Å². The van der Waals surface area contributed by atoms with Crippen LogP contribution in [-0.2, 0) is 28.6 Å². The van der Waals surface area contributed by atoms with E-state index >= 15 is 0 Å². The summed E-state index contributed by atoms with van der Waals surface area (Å²) in [4.78, 5) is 61.2. The molecule has 0 atom stereocenters. The molecule has 0 saturated heterocycles. The van der Waals surface area contributed by atoms with Crippen molar-refractivity contribution in [2.75, 3.05) is 13.1 Å². The van der Waals surface area contributed by atoms with Crippen molar-refractivity contribution in [1.29, 1.82) is 0 Å². The van der Waals surface area contributed by atoms with Gasteiger partial charge in [-0.15, -0.1) is 5.06 Å². The van der Waals surface area contributed by atoms with Crippen LogP contribution in [0.3, 0.4) is 0 Å². The molecule has 0 rings (SSSR count). The summed E-state index contributed by atoms with van der Waals surface area (Å²) in [6.45, 7) is 7.63. The second-order valence-electron chi connectivity index (χ2n) is 7.08. The van der Waals surface area contributed by atoms with Crippen molar-refractivity contribution < 1.29 is 48.1 Å². The molecule has 0 aromatic carbocycles. The van der Waals surface area contributed by atoms with Gasteiger partial charge in [-0.05, 0) is 41.5 Å². The SMILES string of the molecule is CC(C)(C)OC(=O)NCC(=O)OC(=O)CN(OC(=O)O)C(=O)OC(C)(C)C. The van der Waals surface area contributed by atoms with Gasteiger partial charge in [-0.1, -0.05) is 0 Å². The molecule has 0 aliphatic rings. The zero-order chi connectivity index (χ0) is 21.4. The van der Waals surface area contributed by atoms with E-state index in [0.717, 1.165) is 0 Å². The molecule has 0 heterocycles. The first-order valence-corrected chi connectivity index (χ1v) is 7.71. The van der Waals surface area contributed by atoms with Crippen molar-refractivity contribution in [3.8, 4) is 0 Å². The lowest BCUT2D eigenvalue weighted by molar-refractivity contribution is -0.168. The Morgan fingerprint density at radius 1 is 0.889 bits per heavy atom. The van der Waals surface area contributed by atoms with Crippen LogP contribution in [0.1, 0.15) is 41.5 Å². The number of ether oxygens (including phenoxy) is 3. The Labute approximate surface area is 155 Å². The molecule has 154 valence electrons. The van der Waals surface area contributed by atoms with E-state index in [9.17, 15) is 24.0 Å². The van der Waals surface area contributed by atoms with Crippen LogP contribution in [0.2, 0.25) is 0 Å². The number of hydrogen-bond donors (Lipinski definition) is 2. The van der Waals surface area contributed by atoms with Crippen molar-refractivity contribution in [3.63, 3.8) is 0 Å². The summed E-state index contributed by atoms with van der Waals surface area (Å²) in [5, 5.41) is 10.8. The maximum atomic E-state index is 11.8. The molecule has 0 spiro atoms. The molecule has 0 fully saturated rings. The van der Waals surface area contributed by atoms with Crippen LogP contribution in [-0.4, -0.2) is 64.7 Å². The van der Waals surface area contributed by atoms with Crippen molar-refractivity contribution >= 4 is 30.3 Å². The first-order valence-electron chi connectivity index (χ1n) is 7.71. The summed E-state index contributed by atoms with van der Waals surface area (Å²) in [6, 6.07) is 0. The summed E-state index contributed by atoms with van der Waals surface area (Å²) in [5.41, 5.74) is -1.78. The number of carbonyl (C=O) groups is 5. The average Bonchev–Trinajstić information content (AvgIpc) is 2.40. The maximum Gasteiger partial charge on any atom is 0.531 e. The normalized spacial score (nSPS) is 11.0. The van der Waals surface area contributed by atoms with E-state index in [-0.39, 0.29) is 5.06 Å². The van der Waals surface area contributed by atoms with Gasteiger partial charge in [0.05, 0.1) is 0 Å². The molecule has 27 heavy (non-hydrogen) atoms. The second-order valence-corrected chi connectivity index (χ2v) is 7.08. The quantitative estimate of drug-likeness (QED) is 0.310. The summed E-state index contributed by atoms with van der Waals surface area (Å²) in [7, 11) is 0. The van der Waals surface area contributed by atoms with E-state index in [1.165, 1.54) is 20.8 Å². The Bertz CT molecular complexity index is 588. The lowest BCUT2D eigenvalue weighted by Gasteiger charge is -2.24. The van der Waals surface area contributed by atoms with E-state index in [2.05, 4.69) is 14.9 Å². The zero-order valence-electron chi connectivity index (χ0n) is 16.0. The Morgan fingerprint density at radius 2 is 1.41 bits per heavy atom. The number of nitrogens with one attached hydrogen (secondary N) is 1. The van der Waals surface area contributed by atoms with Crippen LogP contribution >= 0.6 is 0 Å². The molecule has 0 unspecified atom stereocenters. The van der Waals surface area contributed by atoms with E-state index in [1.807, 2.05) is 0 Å². The van der Waals surface area contributed by atoms with Gasteiger partial charge in [-0.25, -0.2) is 24.0 Å². The third kappa shape index (κ3) is 12.9. The molecule has 0 aliphatic heterocycles. The van der Waals surface area contributed by atoms with Crippen LogP contribution in [0, 0.1) is 0 Å². The molecular formula is C15H24N2O10. The number of hydroxylamine groups is 2. The predicted molar refractivity (Wildman–Crippen MR) is 87.4 cm³/mol. The van der Waals surface area contributed by atoms with Gasteiger partial charge in [-0.2, -0.15) is 0 Å². The molecule has 0 bridgehead atoms. The van der Waals surface area contributed by atoms with Gasteiger partial charge in [0.25, 0.3) is 0 Å². The van der Waals surface area contributed by atoms with Gasteiger partial charge < -0.3 is 24.6 Å². The minimum Gasteiger partial charge on any atom is -0.448 e. The lowest BCUT2D eigenvalue weighted by atomic mass is 10.2. The summed E-state index contributed by atoms with van der Waals surface area (Å²) >= 11 is 0. The third-order valence-corrected chi connectivity index (χ3v) is 2.06. The zero-order valence-corrected chi connectivity index (χ0v) is 16.0. The number of esters is 2. The molecule has 0 saturated carbocycles. The predicted octanol–water partition coefficient (Wildman–Crippen LogP) is 1.43. The first-order chi connectivity index (χ1) is 12.1. The van der Waals surface area contributed by atoms with Gasteiger partial charge in [0.2, 0.25) is 0 Å². The van der Waals surface area contributed by atoms with Crippen molar-refractivity contribution in [2.24, 2.45) is 0 Å². The Balaban J connectivity index is 4.63. The molecule has 0 aromatic rings. The fourth-order valence-electron chi connectivity index (χ4n) is 1.31. The first kappa shape index (κ1) is 23.9. The summed E-state index contributed by atoms with van der Waals surface area (Å²) in [6.07, 6.45) is -4.07. The van der Waals surface area contributed by atoms with Crippen molar-refractivity contribution in [1.82, 2.24) is 10.4 Å². The molecule has 0 aromatic heterocycles. The number of hydrogen-bond acceptors (Lipinski definition) is 9. The van der Waals surface area contributed by atoms with Gasteiger partial charge >= 0.3 is 30.3 Å². The Kier molecular flexibility index (Phi) is 8.51. The Morgan fingerprint density at radius 3 is 1.85 bits per heavy atom. The van der Waals surface area contributed by atoms with Crippen molar-refractivity contribution in [3.05, 3.63) is 0 Å². The van der Waals surface area contributed by atoms with E-state index in [1.54, 1.807) is 20.8 Å². The number of carboxylic acid groups (broad SMARTS) is 1. The number of carbonyl (C=O) groups excluding carboxylic acids is 4. The molecule has 0 aliphatic carbocycles. The molecule has 2 amide bonds. The highest BCUT2D eigenvalue weighted by Crippen LogP contribution is 2.10. The van der Waals surface area contributed by atoms with Crippen LogP contribution in [0.4, 0.5) is 14.4 Å². The van der Waals surface area contributed by atoms with Gasteiger partial charge in [0, 0.05) is 0 Å². The molecule has 2 N–H and O–H groups in total. The largest absolute Gasteiger partial charge is 0.531 e. The van der Waals surface area contributed by atoms with E-state index in [0.29, 0.717) is 0 Å². The summed E-state index contributed by atoms with van der Waals surface area (Å²) < 4.78 is 14.1. The Hall–Kier alpha value is -3.05. The number of rotatable bonds is 4. The standard InChI is InChI=1S/C15H24N2O10/c1-14(2,3)25-11(20)16-7-9(18)24-10(19)8-17(27-13(22)23)12(21)26-15(4,5)6/h7-8H2,1-6H3,(H,16,20)(H,22,23). The van der Waals surface area contributed by atoms with E-state index in [4.69, 9.17) is 14.6 Å². The maximum absolute atomic E-state index is 11.8. The molecule has 0 radical (unpaired) electrons. The highest BCUT2D eigenvalue weighted by Gasteiger charge is 2.29. The van der Waals surface area contributed by atoms with Crippen LogP contribution in [0.25, 0.3) is 0 Å². The van der Waals surface area contributed by atoms with Crippen LogP contribution in [0.15, 0.2) is 0 Å². The monoisotopic (exact) mass is 392 g/mol. The average molecular weight is 392 g/mol. The third-order valence-electron chi connectivity index (χ3n) is 2.06. The minimum absolute atomic E-state index is 0.0739. The van der Waals surface area contributed by atoms with Gasteiger partial charge in [-0.3, -0.25) is 4.84 Å².